The second-order valence-electron chi connectivity index (χ2n) is 5.67. The van der Waals surface area contributed by atoms with Gasteiger partial charge < -0.3 is 15.0 Å². The number of aryl methyl sites for hydroxylation is 1. The molecule has 2 amide bonds. The summed E-state index contributed by atoms with van der Waals surface area (Å²) < 4.78 is 5.70. The van der Waals surface area contributed by atoms with Crippen molar-refractivity contribution in [3.05, 3.63) is 65.2 Å². The van der Waals surface area contributed by atoms with Crippen molar-refractivity contribution in [1.82, 2.24) is 10.2 Å². The minimum atomic E-state index is -0.0755. The molecule has 1 aliphatic heterocycles. The van der Waals surface area contributed by atoms with Crippen molar-refractivity contribution in [3.63, 3.8) is 0 Å². The smallest absolute Gasteiger partial charge is 0.320 e. The van der Waals surface area contributed by atoms with Crippen LogP contribution in [0.2, 0.25) is 0 Å². The number of amides is 2. The van der Waals surface area contributed by atoms with Gasteiger partial charge in [-0.05, 0) is 35.6 Å². The normalized spacial score (nSPS) is 13.3. The molecule has 0 fully saturated rings. The summed E-state index contributed by atoms with van der Waals surface area (Å²) >= 11 is 0. The molecule has 23 heavy (non-hydrogen) atoms. The molecule has 2 aromatic carbocycles. The zero-order valence-corrected chi connectivity index (χ0v) is 13.4. The average Bonchev–Trinajstić information content (AvgIpc) is 2.61. The molecule has 0 bridgehead atoms. The highest BCUT2D eigenvalue weighted by molar-refractivity contribution is 5.74. The maximum absolute atomic E-state index is 12.3. The van der Waals surface area contributed by atoms with Crippen LogP contribution in [0.3, 0.4) is 0 Å². The number of fused-ring (bicyclic) bond motifs is 1. The molecule has 0 saturated heterocycles. The average molecular weight is 310 g/mol. The van der Waals surface area contributed by atoms with Gasteiger partial charge >= 0.3 is 6.03 Å². The molecule has 1 N–H and O–H groups in total. The molecule has 0 unspecified atom stereocenters. The molecule has 1 heterocycles. The van der Waals surface area contributed by atoms with Crippen molar-refractivity contribution in [1.29, 1.82) is 0 Å². The number of carbonyl (C=O) groups is 1. The van der Waals surface area contributed by atoms with E-state index in [2.05, 4.69) is 24.4 Å². The lowest BCUT2D eigenvalue weighted by Gasteiger charge is -2.29. The van der Waals surface area contributed by atoms with Gasteiger partial charge in [-0.15, -0.1) is 0 Å². The van der Waals surface area contributed by atoms with Crippen LogP contribution < -0.4 is 10.1 Å². The molecule has 0 radical (unpaired) electrons. The van der Waals surface area contributed by atoms with Crippen LogP contribution in [0.4, 0.5) is 4.79 Å². The Hall–Kier alpha value is -2.49. The summed E-state index contributed by atoms with van der Waals surface area (Å²) in [6, 6.07) is 16.1. The summed E-state index contributed by atoms with van der Waals surface area (Å²) in [6.45, 7) is 3.68. The third-order valence-corrected chi connectivity index (χ3v) is 4.22. The maximum atomic E-state index is 12.3. The van der Waals surface area contributed by atoms with Crippen LogP contribution in [0.1, 0.15) is 23.6 Å². The molecule has 120 valence electrons. The zero-order chi connectivity index (χ0) is 16.1. The quantitative estimate of drug-likeness (QED) is 0.880. The van der Waals surface area contributed by atoms with Crippen molar-refractivity contribution in [3.8, 4) is 5.75 Å². The highest BCUT2D eigenvalue weighted by Crippen LogP contribution is 2.19. The number of hydrogen-bond donors (Lipinski definition) is 1. The Morgan fingerprint density at radius 1 is 1.13 bits per heavy atom. The molecule has 4 nitrogen and oxygen atoms in total. The van der Waals surface area contributed by atoms with Gasteiger partial charge in [0.2, 0.25) is 0 Å². The van der Waals surface area contributed by atoms with Gasteiger partial charge in [0.1, 0.15) is 5.75 Å². The topological polar surface area (TPSA) is 41.6 Å². The van der Waals surface area contributed by atoms with Gasteiger partial charge in [0.25, 0.3) is 0 Å². The van der Waals surface area contributed by atoms with E-state index >= 15 is 0 Å². The maximum Gasteiger partial charge on any atom is 0.320 e. The lowest BCUT2D eigenvalue weighted by molar-refractivity contribution is 0.179. The van der Waals surface area contributed by atoms with Crippen LogP contribution in [0.25, 0.3) is 0 Å². The van der Waals surface area contributed by atoms with Gasteiger partial charge in [0, 0.05) is 13.1 Å². The summed E-state index contributed by atoms with van der Waals surface area (Å²) in [7, 11) is 0. The molecule has 0 spiro atoms. The third kappa shape index (κ3) is 3.65. The van der Waals surface area contributed by atoms with Gasteiger partial charge in [-0.1, -0.05) is 49.4 Å². The summed E-state index contributed by atoms with van der Waals surface area (Å²) in [5.74, 6) is 0.833. The van der Waals surface area contributed by atoms with Gasteiger partial charge in [0.15, 0.2) is 6.73 Å². The standard InChI is InChI=1S/C19H22N2O2/c1-2-15-7-5-6-10-18(15)23-14-20-19(22)21-12-11-16-8-3-4-9-17(16)13-21/h3-10H,2,11-14H2,1H3,(H,20,22). The second kappa shape index (κ2) is 7.18. The predicted molar refractivity (Wildman–Crippen MR) is 90.4 cm³/mol. The second-order valence-corrected chi connectivity index (χ2v) is 5.67. The molecule has 0 atom stereocenters. The number of rotatable bonds is 4. The van der Waals surface area contributed by atoms with Gasteiger partial charge in [-0.3, -0.25) is 0 Å². The van der Waals surface area contributed by atoms with Crippen LogP contribution in [0.15, 0.2) is 48.5 Å². The molecule has 0 aromatic heterocycles. The van der Waals surface area contributed by atoms with E-state index in [0.717, 1.165) is 30.7 Å². The Kier molecular flexibility index (Phi) is 4.81. The van der Waals surface area contributed by atoms with E-state index in [1.165, 1.54) is 11.1 Å². The Bertz CT molecular complexity index is 685. The first kappa shape index (κ1) is 15.4. The SMILES string of the molecule is CCc1ccccc1OCNC(=O)N1CCc2ccccc2C1. The van der Waals surface area contributed by atoms with E-state index < -0.39 is 0 Å². The van der Waals surface area contributed by atoms with E-state index in [1.807, 2.05) is 41.3 Å². The van der Waals surface area contributed by atoms with Crippen molar-refractivity contribution in [2.75, 3.05) is 13.3 Å². The lowest BCUT2D eigenvalue weighted by Crippen LogP contribution is -2.43. The molecule has 2 aromatic rings. The summed E-state index contributed by atoms with van der Waals surface area (Å²) in [4.78, 5) is 14.1. The largest absolute Gasteiger partial charge is 0.473 e. The number of para-hydroxylation sites is 1. The number of nitrogens with one attached hydrogen (secondary N) is 1. The Balaban J connectivity index is 1.52. The number of nitrogens with zero attached hydrogens (tertiary/aromatic N) is 1. The Morgan fingerprint density at radius 3 is 2.70 bits per heavy atom. The van der Waals surface area contributed by atoms with Crippen molar-refractivity contribution in [2.45, 2.75) is 26.3 Å². The molecular weight excluding hydrogens is 288 g/mol. The summed E-state index contributed by atoms with van der Waals surface area (Å²) in [5, 5.41) is 2.85. The number of benzene rings is 2. The van der Waals surface area contributed by atoms with E-state index in [0.29, 0.717) is 6.54 Å². The first-order valence-electron chi connectivity index (χ1n) is 8.08. The Morgan fingerprint density at radius 2 is 1.87 bits per heavy atom. The minimum absolute atomic E-state index is 0.0755. The fourth-order valence-corrected chi connectivity index (χ4v) is 2.89. The van der Waals surface area contributed by atoms with Crippen molar-refractivity contribution >= 4 is 6.03 Å². The fourth-order valence-electron chi connectivity index (χ4n) is 2.89. The first-order valence-corrected chi connectivity index (χ1v) is 8.08. The molecule has 4 heteroatoms. The Labute approximate surface area is 137 Å². The van der Waals surface area contributed by atoms with E-state index in [4.69, 9.17) is 4.74 Å². The van der Waals surface area contributed by atoms with Gasteiger partial charge in [-0.2, -0.15) is 0 Å². The van der Waals surface area contributed by atoms with E-state index in [9.17, 15) is 4.79 Å². The van der Waals surface area contributed by atoms with Gasteiger partial charge in [-0.25, -0.2) is 4.79 Å². The fraction of sp³-hybridized carbons (Fsp3) is 0.316. The summed E-state index contributed by atoms with van der Waals surface area (Å²) in [6.07, 6.45) is 1.82. The summed E-state index contributed by atoms with van der Waals surface area (Å²) in [5.41, 5.74) is 3.71. The monoisotopic (exact) mass is 310 g/mol. The van der Waals surface area contributed by atoms with E-state index in [1.54, 1.807) is 0 Å². The predicted octanol–water partition coefficient (Wildman–Crippen LogP) is 3.35. The molecule has 0 saturated carbocycles. The number of carbonyl (C=O) groups excluding carboxylic acids is 1. The number of ether oxygens (including phenoxy) is 1. The lowest BCUT2D eigenvalue weighted by atomic mass is 10.0. The molecule has 0 aliphatic carbocycles. The van der Waals surface area contributed by atoms with Gasteiger partial charge in [0.05, 0.1) is 0 Å². The first-order chi connectivity index (χ1) is 11.3. The van der Waals surface area contributed by atoms with E-state index in [-0.39, 0.29) is 12.8 Å². The highest BCUT2D eigenvalue weighted by atomic mass is 16.5. The van der Waals surface area contributed by atoms with Crippen LogP contribution in [0.5, 0.6) is 5.75 Å². The number of urea groups is 1. The highest BCUT2D eigenvalue weighted by Gasteiger charge is 2.19. The number of hydrogen-bond acceptors (Lipinski definition) is 2. The van der Waals surface area contributed by atoms with Crippen molar-refractivity contribution < 1.29 is 9.53 Å². The minimum Gasteiger partial charge on any atom is -0.473 e. The third-order valence-electron chi connectivity index (χ3n) is 4.22. The van der Waals surface area contributed by atoms with Crippen molar-refractivity contribution in [2.24, 2.45) is 0 Å². The molecule has 1 aliphatic rings. The zero-order valence-electron chi connectivity index (χ0n) is 13.4. The van der Waals surface area contributed by atoms with Crippen LogP contribution in [0, 0.1) is 0 Å². The molecule has 3 rings (SSSR count). The van der Waals surface area contributed by atoms with Crippen LogP contribution >= 0.6 is 0 Å². The molecular formula is C19H22N2O2. The van der Waals surface area contributed by atoms with Crippen LogP contribution in [-0.4, -0.2) is 24.2 Å². The van der Waals surface area contributed by atoms with Crippen LogP contribution in [-0.2, 0) is 19.4 Å².